The van der Waals surface area contributed by atoms with Crippen molar-refractivity contribution in [2.24, 2.45) is 0 Å². The minimum atomic E-state index is -0.0948. The van der Waals surface area contributed by atoms with Gasteiger partial charge in [0.2, 0.25) is 0 Å². The highest BCUT2D eigenvalue weighted by molar-refractivity contribution is 5.94. The molecule has 3 heteroatoms. The van der Waals surface area contributed by atoms with Gasteiger partial charge in [-0.3, -0.25) is 4.79 Å². The van der Waals surface area contributed by atoms with Crippen LogP contribution in [0.1, 0.15) is 55.2 Å². The molecule has 0 saturated heterocycles. The zero-order valence-electron chi connectivity index (χ0n) is 15.5. The number of rotatable bonds is 6. The van der Waals surface area contributed by atoms with Crippen molar-refractivity contribution in [1.29, 1.82) is 0 Å². The molecule has 0 aliphatic carbocycles. The second-order valence-corrected chi connectivity index (χ2v) is 7.19. The number of ether oxygens (including phenoxy) is 1. The number of hydrogen-bond acceptors (Lipinski definition) is 2. The Bertz CT molecular complexity index is 709. The lowest BCUT2D eigenvalue weighted by Gasteiger charge is -2.20. The first-order valence-electron chi connectivity index (χ1n) is 8.56. The van der Waals surface area contributed by atoms with E-state index >= 15 is 0 Å². The molecule has 0 bridgehead atoms. The normalized spacial score (nSPS) is 12.3. The van der Waals surface area contributed by atoms with E-state index in [0.29, 0.717) is 12.2 Å². The van der Waals surface area contributed by atoms with E-state index in [1.165, 1.54) is 5.56 Å². The topological polar surface area (TPSA) is 38.3 Å². The Balaban J connectivity index is 2.00. The van der Waals surface area contributed by atoms with E-state index in [2.05, 4.69) is 56.9 Å². The van der Waals surface area contributed by atoms with Crippen LogP contribution in [-0.4, -0.2) is 12.5 Å². The molecule has 0 spiro atoms. The Kier molecular flexibility index (Phi) is 6.02. The van der Waals surface area contributed by atoms with Crippen molar-refractivity contribution in [3.63, 3.8) is 0 Å². The SMILES string of the molecule is C=CCOc1ccc(C(=O)N[C@H](C)c2ccc(C(C)(C)C)cc2)cc1. The van der Waals surface area contributed by atoms with Crippen LogP contribution in [0, 0.1) is 0 Å². The first-order valence-corrected chi connectivity index (χ1v) is 8.56. The molecule has 0 heterocycles. The first-order chi connectivity index (χ1) is 11.8. The number of hydrogen-bond donors (Lipinski definition) is 1. The highest BCUT2D eigenvalue weighted by Gasteiger charge is 2.15. The quantitative estimate of drug-likeness (QED) is 0.750. The molecule has 0 saturated carbocycles. The molecule has 2 aromatic rings. The molecule has 1 amide bonds. The standard InChI is InChI=1S/C22H27NO2/c1-6-15-25-20-13-9-18(10-14-20)21(24)23-16(2)17-7-11-19(12-8-17)22(3,4)5/h6-14,16H,1,15H2,2-5H3,(H,23,24)/t16-/m1/s1. The molecule has 1 atom stereocenters. The highest BCUT2D eigenvalue weighted by atomic mass is 16.5. The van der Waals surface area contributed by atoms with E-state index in [4.69, 9.17) is 4.74 Å². The number of benzene rings is 2. The Hall–Kier alpha value is -2.55. The molecule has 2 rings (SSSR count). The van der Waals surface area contributed by atoms with Gasteiger partial charge >= 0.3 is 0 Å². The van der Waals surface area contributed by atoms with Crippen LogP contribution in [0.4, 0.5) is 0 Å². The summed E-state index contributed by atoms with van der Waals surface area (Å²) >= 11 is 0. The summed E-state index contributed by atoms with van der Waals surface area (Å²) in [6, 6.07) is 15.5. The summed E-state index contributed by atoms with van der Waals surface area (Å²) in [5.41, 5.74) is 3.11. The number of carbonyl (C=O) groups is 1. The highest BCUT2D eigenvalue weighted by Crippen LogP contribution is 2.24. The second-order valence-electron chi connectivity index (χ2n) is 7.19. The van der Waals surface area contributed by atoms with Gasteiger partial charge in [-0.05, 0) is 47.7 Å². The van der Waals surface area contributed by atoms with Gasteiger partial charge in [-0.1, -0.05) is 57.7 Å². The van der Waals surface area contributed by atoms with Crippen molar-refractivity contribution < 1.29 is 9.53 Å². The van der Waals surface area contributed by atoms with Crippen LogP contribution in [0.5, 0.6) is 5.75 Å². The van der Waals surface area contributed by atoms with E-state index < -0.39 is 0 Å². The van der Waals surface area contributed by atoms with Gasteiger partial charge in [0, 0.05) is 5.56 Å². The van der Waals surface area contributed by atoms with Crippen LogP contribution in [0.2, 0.25) is 0 Å². The zero-order chi connectivity index (χ0) is 18.4. The lowest BCUT2D eigenvalue weighted by atomic mass is 9.86. The summed E-state index contributed by atoms with van der Waals surface area (Å²) < 4.78 is 5.43. The van der Waals surface area contributed by atoms with Crippen molar-refractivity contribution in [1.82, 2.24) is 5.32 Å². The minimum absolute atomic E-state index is 0.0572. The van der Waals surface area contributed by atoms with E-state index in [1.54, 1.807) is 30.3 Å². The first kappa shape index (κ1) is 18.8. The molecular weight excluding hydrogens is 310 g/mol. The molecule has 0 aromatic heterocycles. The minimum Gasteiger partial charge on any atom is -0.490 e. The fraction of sp³-hybridized carbons (Fsp3) is 0.318. The van der Waals surface area contributed by atoms with E-state index in [9.17, 15) is 4.79 Å². The fourth-order valence-corrected chi connectivity index (χ4v) is 2.49. The van der Waals surface area contributed by atoms with Crippen LogP contribution in [0.25, 0.3) is 0 Å². The summed E-state index contributed by atoms with van der Waals surface area (Å²) in [6.07, 6.45) is 1.69. The smallest absolute Gasteiger partial charge is 0.251 e. The maximum atomic E-state index is 12.4. The third-order valence-corrected chi connectivity index (χ3v) is 4.11. The molecule has 0 aliphatic heterocycles. The Morgan fingerprint density at radius 2 is 1.72 bits per heavy atom. The molecule has 3 nitrogen and oxygen atoms in total. The molecule has 0 radical (unpaired) electrons. The molecular formula is C22H27NO2. The molecule has 2 aromatic carbocycles. The van der Waals surface area contributed by atoms with Gasteiger partial charge in [-0.15, -0.1) is 0 Å². The third-order valence-electron chi connectivity index (χ3n) is 4.11. The van der Waals surface area contributed by atoms with Gasteiger partial charge in [-0.25, -0.2) is 0 Å². The molecule has 25 heavy (non-hydrogen) atoms. The lowest BCUT2D eigenvalue weighted by molar-refractivity contribution is 0.0940. The average Bonchev–Trinajstić information content (AvgIpc) is 2.59. The van der Waals surface area contributed by atoms with E-state index in [0.717, 1.165) is 11.3 Å². The molecule has 0 unspecified atom stereocenters. The van der Waals surface area contributed by atoms with E-state index in [1.807, 2.05) is 6.92 Å². The van der Waals surface area contributed by atoms with Crippen molar-refractivity contribution in [3.05, 3.63) is 77.9 Å². The van der Waals surface area contributed by atoms with Gasteiger partial charge in [0.15, 0.2) is 0 Å². The van der Waals surface area contributed by atoms with Crippen LogP contribution >= 0.6 is 0 Å². The summed E-state index contributed by atoms with van der Waals surface area (Å²) in [6.45, 7) is 12.6. The predicted molar refractivity (Wildman–Crippen MR) is 103 cm³/mol. The van der Waals surface area contributed by atoms with Gasteiger partial charge in [0.1, 0.15) is 12.4 Å². The molecule has 132 valence electrons. The third kappa shape index (κ3) is 5.21. The Morgan fingerprint density at radius 3 is 2.24 bits per heavy atom. The summed E-state index contributed by atoms with van der Waals surface area (Å²) in [4.78, 5) is 12.4. The van der Waals surface area contributed by atoms with Crippen molar-refractivity contribution in [3.8, 4) is 5.75 Å². The Labute approximate surface area is 150 Å². The van der Waals surface area contributed by atoms with Gasteiger partial charge in [0.25, 0.3) is 5.91 Å². The largest absolute Gasteiger partial charge is 0.490 e. The van der Waals surface area contributed by atoms with Gasteiger partial charge < -0.3 is 10.1 Å². The maximum Gasteiger partial charge on any atom is 0.251 e. The van der Waals surface area contributed by atoms with Crippen LogP contribution < -0.4 is 10.1 Å². The van der Waals surface area contributed by atoms with Crippen molar-refractivity contribution in [2.75, 3.05) is 6.61 Å². The summed E-state index contributed by atoms with van der Waals surface area (Å²) in [5.74, 6) is 0.630. The number of carbonyl (C=O) groups excluding carboxylic acids is 1. The number of nitrogens with one attached hydrogen (secondary N) is 1. The van der Waals surface area contributed by atoms with Crippen molar-refractivity contribution in [2.45, 2.75) is 39.2 Å². The van der Waals surface area contributed by atoms with Gasteiger partial charge in [0.05, 0.1) is 6.04 Å². The number of amides is 1. The van der Waals surface area contributed by atoms with Gasteiger partial charge in [-0.2, -0.15) is 0 Å². The average molecular weight is 337 g/mol. The molecule has 0 aliphatic rings. The molecule has 1 N–H and O–H groups in total. The fourth-order valence-electron chi connectivity index (χ4n) is 2.49. The summed E-state index contributed by atoms with van der Waals surface area (Å²) in [5, 5.41) is 3.04. The van der Waals surface area contributed by atoms with Crippen LogP contribution in [0.15, 0.2) is 61.2 Å². The van der Waals surface area contributed by atoms with Crippen molar-refractivity contribution >= 4 is 5.91 Å². The maximum absolute atomic E-state index is 12.4. The van der Waals surface area contributed by atoms with E-state index in [-0.39, 0.29) is 17.4 Å². The lowest BCUT2D eigenvalue weighted by Crippen LogP contribution is -2.26. The monoisotopic (exact) mass is 337 g/mol. The molecule has 0 fully saturated rings. The van der Waals surface area contributed by atoms with Crippen LogP contribution in [-0.2, 0) is 5.41 Å². The second kappa shape index (κ2) is 8.02. The Morgan fingerprint density at radius 1 is 1.12 bits per heavy atom. The predicted octanol–water partition coefficient (Wildman–Crippen LogP) is 5.04. The summed E-state index contributed by atoms with van der Waals surface area (Å²) in [7, 11) is 0. The van der Waals surface area contributed by atoms with Crippen LogP contribution in [0.3, 0.4) is 0 Å². The zero-order valence-corrected chi connectivity index (χ0v) is 15.5.